The number of aromatic nitrogens is 2. The Hall–Kier alpha value is -0.670. The number of nitrogens with zero attached hydrogens (tertiary/aromatic N) is 2. The zero-order valence-corrected chi connectivity index (χ0v) is 14.1. The summed E-state index contributed by atoms with van der Waals surface area (Å²) < 4.78 is 17.1. The normalized spacial score (nSPS) is 11.3. The molecule has 2 heterocycles. The lowest BCUT2D eigenvalue weighted by atomic mass is 10.3. The standard InChI is InChI=1S/C12H8BrFIN3S/c13-6-1-7(19-5-6)4-18-11-2-8(14)9(15)3-10(11)17-12(18)16/h1-3,5H,4H2,(H2,16,17). The largest absolute Gasteiger partial charge is 0.369 e. The number of hydrogen-bond donors (Lipinski definition) is 1. The number of halogens is 3. The first-order valence-electron chi connectivity index (χ1n) is 5.38. The van der Waals surface area contributed by atoms with Gasteiger partial charge in [0.15, 0.2) is 0 Å². The third-order valence-corrected chi connectivity index (χ3v) is 5.26. The van der Waals surface area contributed by atoms with Crippen LogP contribution in [0.2, 0.25) is 0 Å². The molecular formula is C12H8BrFIN3S. The summed E-state index contributed by atoms with van der Waals surface area (Å²) in [5.41, 5.74) is 7.37. The van der Waals surface area contributed by atoms with Crippen molar-refractivity contribution >= 4 is 66.8 Å². The van der Waals surface area contributed by atoms with Gasteiger partial charge in [-0.05, 0) is 50.7 Å². The number of thiophene rings is 1. The Balaban J connectivity index is 2.12. The molecule has 3 aromatic rings. The average molecular weight is 452 g/mol. The van der Waals surface area contributed by atoms with Crippen LogP contribution in [0.4, 0.5) is 10.3 Å². The molecule has 98 valence electrons. The minimum Gasteiger partial charge on any atom is -0.369 e. The Bertz CT molecular complexity index is 768. The molecule has 0 aliphatic carbocycles. The Morgan fingerprint density at radius 1 is 1.42 bits per heavy atom. The summed E-state index contributed by atoms with van der Waals surface area (Å²) in [6, 6.07) is 5.23. The van der Waals surface area contributed by atoms with Gasteiger partial charge in [0.2, 0.25) is 5.95 Å². The second kappa shape index (κ2) is 5.02. The molecule has 0 amide bonds. The molecule has 7 heteroatoms. The van der Waals surface area contributed by atoms with Crippen LogP contribution in [0.15, 0.2) is 28.1 Å². The van der Waals surface area contributed by atoms with E-state index in [1.54, 1.807) is 17.4 Å². The molecule has 1 aromatic carbocycles. The minimum absolute atomic E-state index is 0.249. The van der Waals surface area contributed by atoms with Gasteiger partial charge < -0.3 is 10.3 Å². The maximum absolute atomic E-state index is 13.7. The average Bonchev–Trinajstić information content (AvgIpc) is 2.87. The molecule has 0 aliphatic rings. The lowest BCUT2D eigenvalue weighted by molar-refractivity contribution is 0.621. The van der Waals surface area contributed by atoms with E-state index in [1.165, 1.54) is 6.07 Å². The molecule has 0 fully saturated rings. The third-order valence-electron chi connectivity index (χ3n) is 2.76. The number of nitrogen functional groups attached to an aromatic ring is 1. The van der Waals surface area contributed by atoms with Crippen LogP contribution in [-0.4, -0.2) is 9.55 Å². The van der Waals surface area contributed by atoms with E-state index < -0.39 is 0 Å². The highest BCUT2D eigenvalue weighted by Gasteiger charge is 2.12. The maximum atomic E-state index is 13.7. The lowest BCUT2D eigenvalue weighted by Gasteiger charge is -2.04. The van der Waals surface area contributed by atoms with Gasteiger partial charge in [-0.2, -0.15) is 0 Å². The molecule has 3 nitrogen and oxygen atoms in total. The van der Waals surface area contributed by atoms with Crippen LogP contribution in [0.25, 0.3) is 11.0 Å². The highest BCUT2D eigenvalue weighted by molar-refractivity contribution is 14.1. The number of anilines is 1. The molecule has 0 spiro atoms. The quantitative estimate of drug-likeness (QED) is 0.592. The van der Waals surface area contributed by atoms with Gasteiger partial charge in [0, 0.05) is 20.8 Å². The lowest BCUT2D eigenvalue weighted by Crippen LogP contribution is -2.03. The van der Waals surface area contributed by atoms with E-state index in [4.69, 9.17) is 5.73 Å². The first-order chi connectivity index (χ1) is 9.04. The molecule has 0 bridgehead atoms. The summed E-state index contributed by atoms with van der Waals surface area (Å²) in [5, 5.41) is 2.01. The van der Waals surface area contributed by atoms with E-state index >= 15 is 0 Å². The van der Waals surface area contributed by atoms with Crippen LogP contribution in [-0.2, 0) is 6.54 Å². The zero-order valence-electron chi connectivity index (χ0n) is 9.53. The molecular weight excluding hydrogens is 444 g/mol. The smallest absolute Gasteiger partial charge is 0.201 e. The third kappa shape index (κ3) is 2.50. The topological polar surface area (TPSA) is 43.8 Å². The Kier molecular flexibility index (Phi) is 3.52. The monoisotopic (exact) mass is 451 g/mol. The first kappa shape index (κ1) is 13.3. The highest BCUT2D eigenvalue weighted by Crippen LogP contribution is 2.26. The van der Waals surface area contributed by atoms with Gasteiger partial charge >= 0.3 is 0 Å². The van der Waals surface area contributed by atoms with E-state index in [-0.39, 0.29) is 5.82 Å². The molecule has 0 atom stereocenters. The number of nitrogens with two attached hydrogens (primary N) is 1. The summed E-state index contributed by atoms with van der Waals surface area (Å²) in [4.78, 5) is 5.42. The fourth-order valence-corrected chi connectivity index (χ4v) is 3.79. The van der Waals surface area contributed by atoms with Crippen molar-refractivity contribution in [3.05, 3.63) is 42.3 Å². The molecule has 0 unspecified atom stereocenters. The van der Waals surface area contributed by atoms with Crippen LogP contribution in [0.3, 0.4) is 0 Å². The van der Waals surface area contributed by atoms with Crippen LogP contribution < -0.4 is 5.73 Å². The Morgan fingerprint density at radius 3 is 2.89 bits per heavy atom. The zero-order chi connectivity index (χ0) is 13.6. The van der Waals surface area contributed by atoms with Crippen LogP contribution in [0.5, 0.6) is 0 Å². The van der Waals surface area contributed by atoms with Gasteiger partial charge in [-0.25, -0.2) is 9.37 Å². The van der Waals surface area contributed by atoms with Crippen molar-refractivity contribution in [1.29, 1.82) is 0 Å². The van der Waals surface area contributed by atoms with E-state index in [1.807, 2.05) is 38.6 Å². The van der Waals surface area contributed by atoms with Crippen LogP contribution in [0.1, 0.15) is 4.88 Å². The first-order valence-corrected chi connectivity index (χ1v) is 8.13. The molecule has 0 saturated carbocycles. The summed E-state index contributed by atoms with van der Waals surface area (Å²) in [6.45, 7) is 0.596. The molecule has 0 aliphatic heterocycles. The van der Waals surface area contributed by atoms with Gasteiger partial charge in [-0.15, -0.1) is 11.3 Å². The van der Waals surface area contributed by atoms with Gasteiger partial charge in [0.05, 0.1) is 21.1 Å². The van der Waals surface area contributed by atoms with Gasteiger partial charge in [0.1, 0.15) is 5.82 Å². The number of fused-ring (bicyclic) bond motifs is 1. The van der Waals surface area contributed by atoms with Gasteiger partial charge in [0.25, 0.3) is 0 Å². The van der Waals surface area contributed by atoms with Crippen molar-refractivity contribution in [2.24, 2.45) is 0 Å². The highest BCUT2D eigenvalue weighted by atomic mass is 127. The summed E-state index contributed by atoms with van der Waals surface area (Å²) in [5.74, 6) is 0.155. The molecule has 2 aromatic heterocycles. The van der Waals surface area contributed by atoms with E-state index in [9.17, 15) is 4.39 Å². The van der Waals surface area contributed by atoms with Crippen molar-refractivity contribution in [2.75, 3.05) is 5.73 Å². The van der Waals surface area contributed by atoms with Crippen molar-refractivity contribution in [3.8, 4) is 0 Å². The van der Waals surface area contributed by atoms with Crippen molar-refractivity contribution < 1.29 is 4.39 Å². The molecule has 0 saturated heterocycles. The van der Waals surface area contributed by atoms with E-state index in [0.717, 1.165) is 20.4 Å². The SMILES string of the molecule is Nc1nc2cc(I)c(F)cc2n1Cc1cc(Br)cs1. The van der Waals surface area contributed by atoms with E-state index in [2.05, 4.69) is 20.9 Å². The summed E-state index contributed by atoms with van der Waals surface area (Å²) in [6.07, 6.45) is 0. The van der Waals surface area contributed by atoms with Crippen LogP contribution in [0, 0.1) is 9.39 Å². The second-order valence-electron chi connectivity index (χ2n) is 4.04. The van der Waals surface area contributed by atoms with Crippen molar-refractivity contribution in [1.82, 2.24) is 9.55 Å². The van der Waals surface area contributed by atoms with Gasteiger partial charge in [-0.3, -0.25) is 0 Å². The number of rotatable bonds is 2. The Morgan fingerprint density at radius 2 is 2.21 bits per heavy atom. The van der Waals surface area contributed by atoms with Crippen molar-refractivity contribution in [2.45, 2.75) is 6.54 Å². The fourth-order valence-electron chi connectivity index (χ4n) is 1.90. The Labute approximate surface area is 134 Å². The second-order valence-corrected chi connectivity index (χ2v) is 7.12. The number of hydrogen-bond acceptors (Lipinski definition) is 3. The predicted octanol–water partition coefficient (Wildman–Crippen LogP) is 4.23. The van der Waals surface area contributed by atoms with Gasteiger partial charge in [-0.1, -0.05) is 0 Å². The number of benzene rings is 1. The number of imidazole rings is 1. The minimum atomic E-state index is -0.249. The molecule has 19 heavy (non-hydrogen) atoms. The maximum Gasteiger partial charge on any atom is 0.201 e. The summed E-state index contributed by atoms with van der Waals surface area (Å²) >= 11 is 7.00. The molecule has 3 rings (SSSR count). The molecule has 2 N–H and O–H groups in total. The van der Waals surface area contributed by atoms with Crippen molar-refractivity contribution in [3.63, 3.8) is 0 Å². The summed E-state index contributed by atoms with van der Waals surface area (Å²) in [7, 11) is 0. The molecule has 0 radical (unpaired) electrons. The van der Waals surface area contributed by atoms with E-state index in [0.29, 0.717) is 16.1 Å². The fraction of sp³-hybridized carbons (Fsp3) is 0.0833. The van der Waals surface area contributed by atoms with Crippen LogP contribution >= 0.6 is 49.9 Å². The predicted molar refractivity (Wildman–Crippen MR) is 87.9 cm³/mol.